The van der Waals surface area contributed by atoms with E-state index in [2.05, 4.69) is 26.2 Å². The van der Waals surface area contributed by atoms with E-state index in [1.807, 2.05) is 45.0 Å². The number of rotatable bonds is 1. The Hall–Kier alpha value is -1.62. The van der Waals surface area contributed by atoms with Crippen LogP contribution in [0.2, 0.25) is 0 Å². The van der Waals surface area contributed by atoms with E-state index in [1.165, 1.54) is 0 Å². The van der Waals surface area contributed by atoms with Gasteiger partial charge in [0, 0.05) is 21.4 Å². The molecule has 0 saturated carbocycles. The highest BCUT2D eigenvalue weighted by Gasteiger charge is 2.17. The number of aromatic nitrogens is 1. The third kappa shape index (κ3) is 3.44. The Labute approximate surface area is 120 Å². The van der Waals surface area contributed by atoms with Crippen LogP contribution < -0.4 is 5.32 Å². The number of amides is 1. The first-order valence-electron chi connectivity index (χ1n) is 5.90. The van der Waals surface area contributed by atoms with Crippen molar-refractivity contribution in [2.24, 2.45) is 0 Å². The molecule has 0 aliphatic rings. The van der Waals surface area contributed by atoms with E-state index in [9.17, 15) is 4.79 Å². The van der Waals surface area contributed by atoms with Crippen LogP contribution in [0.4, 0.5) is 10.6 Å². The first kappa shape index (κ1) is 13.8. The Balaban J connectivity index is 2.31. The molecule has 0 spiro atoms. The highest BCUT2D eigenvalue weighted by atomic mass is 79.9. The minimum atomic E-state index is -0.532. The van der Waals surface area contributed by atoms with Gasteiger partial charge >= 0.3 is 6.09 Å². The van der Waals surface area contributed by atoms with Gasteiger partial charge in [0.25, 0.3) is 0 Å². The monoisotopic (exact) mass is 322 g/mol. The first-order chi connectivity index (χ1) is 8.87. The molecule has 1 aromatic heterocycles. The summed E-state index contributed by atoms with van der Waals surface area (Å²) >= 11 is 3.47. The van der Waals surface area contributed by atoms with Crippen LogP contribution in [0.3, 0.4) is 0 Å². The van der Waals surface area contributed by atoms with Gasteiger partial charge in [0.1, 0.15) is 11.4 Å². The number of nitrogens with one attached hydrogen (secondary N) is 1. The number of hydrogen-bond donors (Lipinski definition) is 1. The van der Waals surface area contributed by atoms with Crippen molar-refractivity contribution in [2.75, 3.05) is 5.32 Å². The van der Waals surface area contributed by atoms with Crippen molar-refractivity contribution in [3.8, 4) is 0 Å². The number of halogens is 1. The van der Waals surface area contributed by atoms with E-state index in [1.54, 1.807) is 6.20 Å². The van der Waals surface area contributed by atoms with E-state index in [0.29, 0.717) is 5.82 Å². The normalized spacial score (nSPS) is 11.4. The van der Waals surface area contributed by atoms with Crippen LogP contribution in [0.15, 0.2) is 34.9 Å². The minimum Gasteiger partial charge on any atom is -0.444 e. The maximum atomic E-state index is 11.8. The molecule has 2 aromatic rings. The van der Waals surface area contributed by atoms with Gasteiger partial charge in [-0.15, -0.1) is 0 Å². The highest BCUT2D eigenvalue weighted by molar-refractivity contribution is 9.10. The van der Waals surface area contributed by atoms with E-state index >= 15 is 0 Å². The van der Waals surface area contributed by atoms with Gasteiger partial charge in [-0.25, -0.2) is 9.78 Å². The smallest absolute Gasteiger partial charge is 0.413 e. The summed E-state index contributed by atoms with van der Waals surface area (Å²) in [6.07, 6.45) is 1.15. The zero-order valence-corrected chi connectivity index (χ0v) is 12.6. The minimum absolute atomic E-state index is 0.494. The summed E-state index contributed by atoms with van der Waals surface area (Å²) in [7, 11) is 0. The fourth-order valence-corrected chi connectivity index (χ4v) is 2.17. The third-order valence-corrected chi connectivity index (χ3v) is 3.06. The van der Waals surface area contributed by atoms with Gasteiger partial charge in [-0.1, -0.05) is 28.1 Å². The molecule has 1 N–H and O–H groups in total. The van der Waals surface area contributed by atoms with E-state index < -0.39 is 11.7 Å². The topological polar surface area (TPSA) is 51.2 Å². The molecule has 1 aromatic carbocycles. The molecular formula is C14H15BrN2O2. The molecule has 4 nitrogen and oxygen atoms in total. The van der Waals surface area contributed by atoms with Crippen LogP contribution in [0.25, 0.3) is 10.8 Å². The van der Waals surface area contributed by atoms with Crippen LogP contribution in [0.5, 0.6) is 0 Å². The summed E-state index contributed by atoms with van der Waals surface area (Å²) in [4.78, 5) is 16.0. The number of carbonyl (C=O) groups is 1. The van der Waals surface area contributed by atoms with Crippen molar-refractivity contribution >= 4 is 38.6 Å². The third-order valence-electron chi connectivity index (χ3n) is 2.37. The molecule has 0 aliphatic heterocycles. The van der Waals surface area contributed by atoms with Gasteiger partial charge < -0.3 is 4.74 Å². The summed E-state index contributed by atoms with van der Waals surface area (Å²) < 4.78 is 6.18. The van der Waals surface area contributed by atoms with Crippen molar-refractivity contribution in [3.63, 3.8) is 0 Å². The molecule has 0 atom stereocenters. The molecule has 0 aliphatic carbocycles. The number of benzene rings is 1. The molecule has 1 amide bonds. The van der Waals surface area contributed by atoms with Crippen LogP contribution in [0.1, 0.15) is 20.8 Å². The summed E-state index contributed by atoms with van der Waals surface area (Å²) in [6, 6.07) is 7.63. The molecule has 0 unspecified atom stereocenters. The molecule has 0 saturated heterocycles. The molecule has 0 bridgehead atoms. The predicted molar refractivity (Wildman–Crippen MR) is 79.3 cm³/mol. The zero-order valence-electron chi connectivity index (χ0n) is 11.0. The second-order valence-corrected chi connectivity index (χ2v) is 5.98. The highest BCUT2D eigenvalue weighted by Crippen LogP contribution is 2.27. The van der Waals surface area contributed by atoms with Crippen LogP contribution in [-0.2, 0) is 4.74 Å². The molecule has 0 fully saturated rings. The predicted octanol–water partition coefficient (Wildman–Crippen LogP) is 4.34. The fraction of sp³-hybridized carbons (Fsp3) is 0.286. The Morgan fingerprint density at radius 2 is 2.00 bits per heavy atom. The standard InChI is InChI=1S/C14H15BrN2O2/c1-14(2,3)19-13(18)17-12-10-5-4-6-11(15)9(10)7-8-16-12/h4-8H,1-3H3,(H,16,17,18). The van der Waals surface area contributed by atoms with Gasteiger partial charge in [0.2, 0.25) is 0 Å². The lowest BCUT2D eigenvalue weighted by Crippen LogP contribution is -2.27. The fourth-order valence-electron chi connectivity index (χ4n) is 1.67. The SMILES string of the molecule is CC(C)(C)OC(=O)Nc1nccc2c(Br)cccc12. The Bertz CT molecular complexity index is 620. The second kappa shape index (κ2) is 5.17. The lowest BCUT2D eigenvalue weighted by Gasteiger charge is -2.19. The number of pyridine rings is 1. The molecule has 5 heteroatoms. The summed E-state index contributed by atoms with van der Waals surface area (Å²) in [5.74, 6) is 0.494. The van der Waals surface area contributed by atoms with Crippen molar-refractivity contribution in [2.45, 2.75) is 26.4 Å². The van der Waals surface area contributed by atoms with Crippen molar-refractivity contribution < 1.29 is 9.53 Å². The van der Waals surface area contributed by atoms with E-state index in [-0.39, 0.29) is 0 Å². The average Bonchev–Trinajstić information content (AvgIpc) is 2.28. The molecule has 1 heterocycles. The van der Waals surface area contributed by atoms with Gasteiger partial charge in [-0.3, -0.25) is 5.32 Å². The van der Waals surface area contributed by atoms with Crippen LogP contribution in [-0.4, -0.2) is 16.7 Å². The Kier molecular flexibility index (Phi) is 3.75. The van der Waals surface area contributed by atoms with E-state index in [0.717, 1.165) is 15.2 Å². The number of hydrogen-bond acceptors (Lipinski definition) is 3. The number of ether oxygens (including phenoxy) is 1. The largest absolute Gasteiger partial charge is 0.444 e. The number of nitrogens with zero attached hydrogens (tertiary/aromatic N) is 1. The van der Waals surface area contributed by atoms with Crippen LogP contribution in [0, 0.1) is 0 Å². The lowest BCUT2D eigenvalue weighted by atomic mass is 10.1. The zero-order chi connectivity index (χ0) is 14.0. The quantitative estimate of drug-likeness (QED) is 0.849. The summed E-state index contributed by atoms with van der Waals surface area (Å²) in [5.41, 5.74) is -0.532. The van der Waals surface area contributed by atoms with Gasteiger partial charge in [-0.2, -0.15) is 0 Å². The summed E-state index contributed by atoms with van der Waals surface area (Å²) in [6.45, 7) is 5.46. The van der Waals surface area contributed by atoms with Crippen molar-refractivity contribution in [1.82, 2.24) is 4.98 Å². The van der Waals surface area contributed by atoms with Crippen LogP contribution >= 0.6 is 15.9 Å². The van der Waals surface area contributed by atoms with Gasteiger partial charge in [-0.05, 0) is 32.9 Å². The number of fused-ring (bicyclic) bond motifs is 1. The number of anilines is 1. The molecular weight excluding hydrogens is 308 g/mol. The van der Waals surface area contributed by atoms with Crippen molar-refractivity contribution in [1.29, 1.82) is 0 Å². The molecule has 100 valence electrons. The molecule has 0 radical (unpaired) electrons. The van der Waals surface area contributed by atoms with Gasteiger partial charge in [0.15, 0.2) is 0 Å². The average molecular weight is 323 g/mol. The first-order valence-corrected chi connectivity index (χ1v) is 6.69. The number of carbonyl (C=O) groups excluding carboxylic acids is 1. The molecule has 2 rings (SSSR count). The maximum Gasteiger partial charge on any atom is 0.413 e. The second-order valence-electron chi connectivity index (χ2n) is 5.12. The Morgan fingerprint density at radius 3 is 2.68 bits per heavy atom. The maximum absolute atomic E-state index is 11.8. The summed E-state index contributed by atoms with van der Waals surface area (Å²) in [5, 5.41) is 4.53. The van der Waals surface area contributed by atoms with Gasteiger partial charge in [0.05, 0.1) is 0 Å². The molecule has 19 heavy (non-hydrogen) atoms. The Morgan fingerprint density at radius 1 is 1.26 bits per heavy atom. The lowest BCUT2D eigenvalue weighted by molar-refractivity contribution is 0.0635. The van der Waals surface area contributed by atoms with E-state index in [4.69, 9.17) is 4.74 Å². The van der Waals surface area contributed by atoms with Crippen molar-refractivity contribution in [3.05, 3.63) is 34.9 Å².